The number of amides is 2. The second-order valence-electron chi connectivity index (χ2n) is 9.53. The van der Waals surface area contributed by atoms with Crippen LogP contribution in [0.3, 0.4) is 0 Å². The molecule has 1 fully saturated rings. The Morgan fingerprint density at radius 3 is 2.24 bits per heavy atom. The lowest BCUT2D eigenvalue weighted by Gasteiger charge is -2.35. The highest BCUT2D eigenvalue weighted by molar-refractivity contribution is 5.89. The smallest absolute Gasteiger partial charge is 0.407 e. The molecule has 0 bridgehead atoms. The highest BCUT2D eigenvalue weighted by Gasteiger charge is 2.37. The molecule has 2 aliphatic rings. The van der Waals surface area contributed by atoms with Crippen molar-refractivity contribution in [2.75, 3.05) is 13.2 Å². The predicted octanol–water partition coefficient (Wildman–Crippen LogP) is 4.41. The molecule has 2 aromatic rings. The first-order valence-electron chi connectivity index (χ1n) is 12.0. The Kier molecular flexibility index (Phi) is 7.20. The van der Waals surface area contributed by atoms with Gasteiger partial charge in [-0.05, 0) is 53.9 Å². The van der Waals surface area contributed by atoms with Crippen LogP contribution in [-0.4, -0.2) is 53.2 Å². The number of nitrogens with zero attached hydrogens (tertiary/aromatic N) is 1. The maximum Gasteiger partial charge on any atom is 0.407 e. The summed E-state index contributed by atoms with van der Waals surface area (Å²) in [4.78, 5) is 39.1. The Hall–Kier alpha value is -3.35. The van der Waals surface area contributed by atoms with Gasteiger partial charge in [-0.25, -0.2) is 9.59 Å². The molecule has 2 aromatic carbocycles. The zero-order chi connectivity index (χ0) is 24.2. The van der Waals surface area contributed by atoms with Crippen molar-refractivity contribution in [1.29, 1.82) is 0 Å². The van der Waals surface area contributed by atoms with Gasteiger partial charge in [0.25, 0.3) is 0 Å². The van der Waals surface area contributed by atoms with Crippen LogP contribution >= 0.6 is 0 Å². The summed E-state index contributed by atoms with van der Waals surface area (Å²) in [6.07, 6.45) is 1.71. The maximum absolute atomic E-state index is 13.3. The maximum atomic E-state index is 13.3. The lowest BCUT2D eigenvalue weighted by atomic mass is 9.97. The molecule has 4 rings (SSSR count). The molecule has 180 valence electrons. The topological polar surface area (TPSA) is 95.9 Å². The van der Waals surface area contributed by atoms with Crippen LogP contribution in [-0.2, 0) is 14.3 Å². The van der Waals surface area contributed by atoms with Gasteiger partial charge in [-0.3, -0.25) is 4.79 Å². The van der Waals surface area contributed by atoms with Gasteiger partial charge in [0.2, 0.25) is 5.91 Å². The minimum absolute atomic E-state index is 0.0733. The lowest BCUT2D eigenvalue weighted by molar-refractivity contribution is -0.153. The van der Waals surface area contributed by atoms with Gasteiger partial charge in [0.15, 0.2) is 0 Å². The zero-order valence-corrected chi connectivity index (χ0v) is 19.7. The Morgan fingerprint density at radius 2 is 1.65 bits per heavy atom. The number of rotatable bonds is 7. The zero-order valence-electron chi connectivity index (χ0n) is 19.7. The molecular formula is C27H32N2O5. The number of likely N-dealkylation sites (tertiary alicyclic amines) is 1. The van der Waals surface area contributed by atoms with E-state index in [-0.39, 0.29) is 24.3 Å². The number of hydrogen-bond acceptors (Lipinski definition) is 4. The van der Waals surface area contributed by atoms with E-state index in [4.69, 9.17) is 4.74 Å². The molecule has 0 aromatic heterocycles. The van der Waals surface area contributed by atoms with Crippen molar-refractivity contribution in [3.8, 4) is 11.1 Å². The van der Waals surface area contributed by atoms with E-state index in [9.17, 15) is 19.5 Å². The van der Waals surface area contributed by atoms with Gasteiger partial charge in [-0.1, -0.05) is 62.4 Å². The number of nitrogens with one attached hydrogen (secondary N) is 1. The lowest BCUT2D eigenvalue weighted by Crippen LogP contribution is -2.55. The Bertz CT molecular complexity index is 1020. The van der Waals surface area contributed by atoms with Crippen LogP contribution in [0.2, 0.25) is 0 Å². The number of alkyl carbamates (subject to hydrolysis) is 1. The number of carboxylic acid groups (broad SMARTS) is 1. The second kappa shape index (κ2) is 10.3. The van der Waals surface area contributed by atoms with E-state index >= 15 is 0 Å². The molecule has 1 aliphatic carbocycles. The van der Waals surface area contributed by atoms with Crippen LogP contribution < -0.4 is 5.32 Å². The molecule has 2 amide bonds. The largest absolute Gasteiger partial charge is 0.480 e. The fraction of sp³-hybridized carbons (Fsp3) is 0.444. The Labute approximate surface area is 200 Å². The molecule has 1 saturated heterocycles. The fourth-order valence-electron chi connectivity index (χ4n) is 5.13. The van der Waals surface area contributed by atoms with E-state index in [1.807, 2.05) is 38.1 Å². The van der Waals surface area contributed by atoms with Crippen molar-refractivity contribution in [3.63, 3.8) is 0 Å². The van der Waals surface area contributed by atoms with Crippen LogP contribution in [0.25, 0.3) is 11.1 Å². The number of carbonyl (C=O) groups is 3. The monoisotopic (exact) mass is 464 g/mol. The molecule has 7 nitrogen and oxygen atoms in total. The Morgan fingerprint density at radius 1 is 1.03 bits per heavy atom. The van der Waals surface area contributed by atoms with E-state index in [0.717, 1.165) is 35.1 Å². The van der Waals surface area contributed by atoms with Gasteiger partial charge in [-0.2, -0.15) is 0 Å². The number of carboxylic acids is 1. The van der Waals surface area contributed by atoms with Crippen molar-refractivity contribution in [2.45, 2.75) is 57.5 Å². The molecular weight excluding hydrogens is 432 g/mol. The summed E-state index contributed by atoms with van der Waals surface area (Å²) >= 11 is 0. The molecule has 34 heavy (non-hydrogen) atoms. The van der Waals surface area contributed by atoms with E-state index in [0.29, 0.717) is 19.4 Å². The molecule has 0 spiro atoms. The fourth-order valence-corrected chi connectivity index (χ4v) is 5.13. The number of benzene rings is 2. The van der Waals surface area contributed by atoms with Crippen LogP contribution in [0.5, 0.6) is 0 Å². The summed E-state index contributed by atoms with van der Waals surface area (Å²) in [5.41, 5.74) is 4.52. The van der Waals surface area contributed by atoms with E-state index in [1.165, 1.54) is 4.90 Å². The van der Waals surface area contributed by atoms with Crippen molar-refractivity contribution < 1.29 is 24.2 Å². The third-order valence-electron chi connectivity index (χ3n) is 6.71. The highest BCUT2D eigenvalue weighted by Crippen LogP contribution is 2.44. The van der Waals surface area contributed by atoms with E-state index in [1.54, 1.807) is 0 Å². The first-order valence-corrected chi connectivity index (χ1v) is 12.0. The predicted molar refractivity (Wildman–Crippen MR) is 128 cm³/mol. The molecule has 7 heteroatoms. The standard InChI is InChI=1S/C27H32N2O5/c1-17(2)15-23(25(30)29-14-8-7-13-24(29)26(31)32)28-27(33)34-16-22-20-11-5-3-9-18(20)19-10-4-6-12-21(19)22/h3-6,9-12,17,22-24H,7-8,13-16H2,1-2H3,(H,28,33)(H,31,32)/t23?,24-/m1/s1. The molecule has 2 atom stereocenters. The van der Waals surface area contributed by atoms with Gasteiger partial charge in [0.05, 0.1) is 0 Å². The number of hydrogen-bond donors (Lipinski definition) is 2. The van der Waals surface area contributed by atoms with Crippen molar-refractivity contribution in [1.82, 2.24) is 10.2 Å². The number of piperidine rings is 1. The summed E-state index contributed by atoms with van der Waals surface area (Å²) in [7, 11) is 0. The van der Waals surface area contributed by atoms with Gasteiger partial charge in [0, 0.05) is 12.5 Å². The molecule has 0 radical (unpaired) electrons. The third-order valence-corrected chi connectivity index (χ3v) is 6.71. The molecule has 1 aliphatic heterocycles. The summed E-state index contributed by atoms with van der Waals surface area (Å²) in [5.74, 6) is -1.29. The number of carbonyl (C=O) groups excluding carboxylic acids is 2. The van der Waals surface area contributed by atoms with Crippen LogP contribution in [0, 0.1) is 5.92 Å². The number of fused-ring (bicyclic) bond motifs is 3. The van der Waals surface area contributed by atoms with Gasteiger partial charge < -0.3 is 20.1 Å². The summed E-state index contributed by atoms with van der Waals surface area (Å²) < 4.78 is 5.63. The summed E-state index contributed by atoms with van der Waals surface area (Å²) in [6, 6.07) is 14.5. The van der Waals surface area contributed by atoms with Gasteiger partial charge >= 0.3 is 12.1 Å². The SMILES string of the molecule is CC(C)CC(NC(=O)OCC1c2ccccc2-c2ccccc21)C(=O)N1CCCC[C@@H]1C(=O)O. The quantitative estimate of drug-likeness (QED) is 0.633. The van der Waals surface area contributed by atoms with Crippen molar-refractivity contribution >= 4 is 18.0 Å². The number of ether oxygens (including phenoxy) is 1. The highest BCUT2D eigenvalue weighted by atomic mass is 16.5. The van der Waals surface area contributed by atoms with Crippen LogP contribution in [0.15, 0.2) is 48.5 Å². The van der Waals surface area contributed by atoms with Gasteiger partial charge in [0.1, 0.15) is 18.7 Å². The van der Waals surface area contributed by atoms with Crippen molar-refractivity contribution in [3.05, 3.63) is 59.7 Å². The van der Waals surface area contributed by atoms with E-state index in [2.05, 4.69) is 29.6 Å². The van der Waals surface area contributed by atoms with E-state index < -0.39 is 24.1 Å². The van der Waals surface area contributed by atoms with Crippen molar-refractivity contribution in [2.24, 2.45) is 5.92 Å². The molecule has 1 unspecified atom stereocenters. The average Bonchev–Trinajstić information content (AvgIpc) is 3.15. The Balaban J connectivity index is 1.45. The summed E-state index contributed by atoms with van der Waals surface area (Å²) in [5, 5.41) is 12.3. The third kappa shape index (κ3) is 4.93. The number of aliphatic carboxylic acids is 1. The van der Waals surface area contributed by atoms with Crippen LogP contribution in [0.1, 0.15) is 56.6 Å². The molecule has 2 N–H and O–H groups in total. The minimum Gasteiger partial charge on any atom is -0.480 e. The van der Waals surface area contributed by atoms with Crippen LogP contribution in [0.4, 0.5) is 4.79 Å². The normalized spacial score (nSPS) is 18.2. The first-order chi connectivity index (χ1) is 16.4. The first kappa shape index (κ1) is 23.8. The second-order valence-corrected chi connectivity index (χ2v) is 9.53. The van der Waals surface area contributed by atoms with Gasteiger partial charge in [-0.15, -0.1) is 0 Å². The average molecular weight is 465 g/mol. The minimum atomic E-state index is -1.00. The molecule has 1 heterocycles. The molecule has 0 saturated carbocycles. The summed E-state index contributed by atoms with van der Waals surface area (Å²) in [6.45, 7) is 4.47.